The molecule has 1 aliphatic heterocycles. The normalized spacial score (nSPS) is 20.2. The molecule has 1 fully saturated rings. The maximum atomic E-state index is 11.7. The number of nitrogens with one attached hydrogen (secondary N) is 1. The van der Waals surface area contributed by atoms with E-state index in [-0.39, 0.29) is 31.3 Å². The third kappa shape index (κ3) is 7.21. The van der Waals surface area contributed by atoms with Crippen molar-refractivity contribution in [2.75, 3.05) is 25.1 Å². The third-order valence-corrected chi connectivity index (χ3v) is 3.52. The lowest BCUT2D eigenvalue weighted by molar-refractivity contribution is -0.185. The maximum absolute atomic E-state index is 11.7. The number of hydrogen-bond donors (Lipinski definition) is 1. The van der Waals surface area contributed by atoms with Crippen LogP contribution in [0.5, 0.6) is 0 Å². The van der Waals surface area contributed by atoms with E-state index >= 15 is 0 Å². The van der Waals surface area contributed by atoms with Gasteiger partial charge in [-0.2, -0.15) is 0 Å². The van der Waals surface area contributed by atoms with Crippen LogP contribution >= 0.6 is 15.9 Å². The van der Waals surface area contributed by atoms with Gasteiger partial charge in [-0.3, -0.25) is 9.59 Å². The fraction of sp³-hybridized carbons (Fsp3) is 0.846. The topological polar surface area (TPSA) is 73.9 Å². The van der Waals surface area contributed by atoms with E-state index in [4.69, 9.17) is 14.2 Å². The zero-order valence-corrected chi connectivity index (χ0v) is 13.3. The summed E-state index contributed by atoms with van der Waals surface area (Å²) in [7, 11) is 0. The lowest BCUT2D eigenvalue weighted by Crippen LogP contribution is -2.36. The number of ether oxygens (including phenoxy) is 3. The molecule has 116 valence electrons. The molecule has 0 spiro atoms. The van der Waals surface area contributed by atoms with Gasteiger partial charge in [0.25, 0.3) is 0 Å². The second kappa shape index (κ2) is 10.1. The van der Waals surface area contributed by atoms with Crippen LogP contribution in [-0.4, -0.2) is 49.4 Å². The van der Waals surface area contributed by atoms with Crippen molar-refractivity contribution in [3.8, 4) is 0 Å². The Bertz CT molecular complexity index is 307. The lowest BCUT2D eigenvalue weighted by atomic mass is 10.2. The van der Waals surface area contributed by atoms with Gasteiger partial charge in [-0.05, 0) is 26.2 Å². The second-order valence-corrected chi connectivity index (χ2v) is 5.14. The minimum atomic E-state index is -0.437. The molecule has 1 rings (SSSR count). The molecule has 0 aromatic heterocycles. The summed E-state index contributed by atoms with van der Waals surface area (Å²) in [5, 5.41) is 3.06. The van der Waals surface area contributed by atoms with Crippen molar-refractivity contribution >= 4 is 27.8 Å². The first-order valence-corrected chi connectivity index (χ1v) is 8.03. The van der Waals surface area contributed by atoms with Crippen LogP contribution in [0.4, 0.5) is 0 Å². The van der Waals surface area contributed by atoms with E-state index in [1.807, 2.05) is 0 Å². The predicted molar refractivity (Wildman–Crippen MR) is 76.5 cm³/mol. The van der Waals surface area contributed by atoms with Crippen molar-refractivity contribution in [2.24, 2.45) is 0 Å². The Kier molecular flexibility index (Phi) is 8.80. The van der Waals surface area contributed by atoms with Gasteiger partial charge in [0.2, 0.25) is 5.91 Å². The Morgan fingerprint density at radius 3 is 2.85 bits per heavy atom. The van der Waals surface area contributed by atoms with Crippen molar-refractivity contribution in [3.63, 3.8) is 0 Å². The van der Waals surface area contributed by atoms with E-state index in [9.17, 15) is 9.59 Å². The first-order valence-electron chi connectivity index (χ1n) is 6.91. The van der Waals surface area contributed by atoms with Gasteiger partial charge in [0, 0.05) is 11.9 Å². The van der Waals surface area contributed by atoms with Crippen LogP contribution in [0, 0.1) is 0 Å². The molecular weight excluding hydrogens is 330 g/mol. The Labute approximate surface area is 127 Å². The van der Waals surface area contributed by atoms with Crippen molar-refractivity contribution in [1.82, 2.24) is 5.32 Å². The van der Waals surface area contributed by atoms with E-state index in [2.05, 4.69) is 21.2 Å². The van der Waals surface area contributed by atoms with E-state index in [0.29, 0.717) is 18.5 Å². The predicted octanol–water partition coefficient (Wildman–Crippen LogP) is 1.36. The standard InChI is InChI=1S/C13H22BrNO5/c1-2-18-12(17)9-15-11(16)7-10(8-14)20-13-5-3-4-6-19-13/h10,13H,2-9H2,1H3,(H,15,16). The first kappa shape index (κ1) is 17.4. The Balaban J connectivity index is 2.24. The summed E-state index contributed by atoms with van der Waals surface area (Å²) >= 11 is 3.32. The van der Waals surface area contributed by atoms with Crippen LogP contribution in [0.2, 0.25) is 0 Å². The molecule has 1 saturated heterocycles. The number of carbonyl (C=O) groups is 2. The SMILES string of the molecule is CCOC(=O)CNC(=O)CC(CBr)OC1CCCCO1. The molecule has 0 aromatic rings. The van der Waals surface area contributed by atoms with Crippen molar-refractivity contribution in [3.05, 3.63) is 0 Å². The van der Waals surface area contributed by atoms with Crippen LogP contribution in [0.3, 0.4) is 0 Å². The minimum absolute atomic E-state index is 0.110. The quantitative estimate of drug-likeness (QED) is 0.528. The van der Waals surface area contributed by atoms with Crippen LogP contribution in [0.15, 0.2) is 0 Å². The van der Waals surface area contributed by atoms with Crippen LogP contribution in [0.25, 0.3) is 0 Å². The molecule has 0 aliphatic carbocycles. The van der Waals surface area contributed by atoms with E-state index in [1.54, 1.807) is 6.92 Å². The zero-order valence-electron chi connectivity index (χ0n) is 11.7. The Morgan fingerprint density at radius 2 is 2.25 bits per heavy atom. The van der Waals surface area contributed by atoms with Gasteiger partial charge in [0.05, 0.1) is 19.1 Å². The van der Waals surface area contributed by atoms with E-state index < -0.39 is 5.97 Å². The molecule has 1 N–H and O–H groups in total. The number of esters is 1. The number of carbonyl (C=O) groups excluding carboxylic acids is 2. The lowest BCUT2D eigenvalue weighted by Gasteiger charge is -2.26. The maximum Gasteiger partial charge on any atom is 0.325 e. The molecule has 0 aromatic carbocycles. The molecule has 20 heavy (non-hydrogen) atoms. The van der Waals surface area contributed by atoms with Crippen LogP contribution in [0.1, 0.15) is 32.6 Å². The summed E-state index contributed by atoms with van der Waals surface area (Å²) < 4.78 is 15.9. The van der Waals surface area contributed by atoms with Crippen molar-refractivity contribution in [1.29, 1.82) is 0 Å². The molecule has 6 nitrogen and oxygen atoms in total. The molecule has 1 aliphatic rings. The highest BCUT2D eigenvalue weighted by Crippen LogP contribution is 2.17. The van der Waals surface area contributed by atoms with Gasteiger partial charge in [-0.25, -0.2) is 0 Å². The average molecular weight is 352 g/mol. The number of alkyl halides is 1. The number of rotatable bonds is 8. The van der Waals surface area contributed by atoms with E-state index in [0.717, 1.165) is 19.3 Å². The summed E-state index contributed by atoms with van der Waals surface area (Å²) in [4.78, 5) is 22.8. The molecule has 2 unspecified atom stereocenters. The smallest absolute Gasteiger partial charge is 0.325 e. The molecule has 0 bridgehead atoms. The fourth-order valence-electron chi connectivity index (χ4n) is 1.83. The summed E-state index contributed by atoms with van der Waals surface area (Å²) in [6.07, 6.45) is 2.68. The Hall–Kier alpha value is -0.660. The van der Waals surface area contributed by atoms with Crippen molar-refractivity contribution < 1.29 is 23.8 Å². The highest BCUT2D eigenvalue weighted by molar-refractivity contribution is 9.09. The number of hydrogen-bond acceptors (Lipinski definition) is 5. The molecule has 1 amide bonds. The second-order valence-electron chi connectivity index (χ2n) is 4.49. The highest BCUT2D eigenvalue weighted by Gasteiger charge is 2.21. The monoisotopic (exact) mass is 351 g/mol. The largest absolute Gasteiger partial charge is 0.465 e. The van der Waals surface area contributed by atoms with Crippen LogP contribution < -0.4 is 5.32 Å². The van der Waals surface area contributed by atoms with Gasteiger partial charge in [-0.15, -0.1) is 0 Å². The summed E-state index contributed by atoms with van der Waals surface area (Å²) in [5.74, 6) is -0.675. The average Bonchev–Trinajstić information content (AvgIpc) is 2.46. The molecule has 1 heterocycles. The number of halogens is 1. The molecule has 0 radical (unpaired) electrons. The molecule has 0 saturated carbocycles. The van der Waals surface area contributed by atoms with Gasteiger partial charge in [0.1, 0.15) is 6.54 Å². The Morgan fingerprint density at radius 1 is 1.45 bits per heavy atom. The van der Waals surface area contributed by atoms with Crippen LogP contribution in [-0.2, 0) is 23.8 Å². The van der Waals surface area contributed by atoms with Gasteiger partial charge >= 0.3 is 5.97 Å². The highest BCUT2D eigenvalue weighted by atomic mass is 79.9. The van der Waals surface area contributed by atoms with Crippen molar-refractivity contribution in [2.45, 2.75) is 45.0 Å². The molecule has 2 atom stereocenters. The summed E-state index contributed by atoms with van der Waals surface area (Å²) in [6.45, 7) is 2.62. The fourth-order valence-corrected chi connectivity index (χ4v) is 2.22. The molecular formula is C13H22BrNO5. The van der Waals surface area contributed by atoms with Gasteiger partial charge in [-0.1, -0.05) is 15.9 Å². The third-order valence-electron chi connectivity index (χ3n) is 2.80. The first-order chi connectivity index (χ1) is 9.65. The van der Waals surface area contributed by atoms with Gasteiger partial charge < -0.3 is 19.5 Å². The minimum Gasteiger partial charge on any atom is -0.465 e. The van der Waals surface area contributed by atoms with Gasteiger partial charge in [0.15, 0.2) is 6.29 Å². The molecule has 7 heteroatoms. The van der Waals surface area contributed by atoms with E-state index in [1.165, 1.54) is 0 Å². The summed E-state index contributed by atoms with van der Waals surface area (Å²) in [5.41, 5.74) is 0. The zero-order chi connectivity index (χ0) is 14.8. The number of amides is 1. The summed E-state index contributed by atoms with van der Waals surface area (Å²) in [6, 6.07) is 0.